The SMILES string of the molecule is Nc1c(C(Cl)=NCc2ccccc2Cl)cnn(C2CCOCC2)c1=O. The molecule has 132 valence electrons. The molecule has 1 aliphatic heterocycles. The topological polar surface area (TPSA) is 82.5 Å². The second kappa shape index (κ2) is 7.99. The predicted molar refractivity (Wildman–Crippen MR) is 99.5 cm³/mol. The van der Waals surface area contributed by atoms with E-state index in [0.717, 1.165) is 18.4 Å². The monoisotopic (exact) mass is 380 g/mol. The average Bonchev–Trinajstić information content (AvgIpc) is 2.64. The fraction of sp³-hybridized carbons (Fsp3) is 0.353. The molecule has 1 fully saturated rings. The Hall–Kier alpha value is -1.89. The third kappa shape index (κ3) is 4.03. The second-order valence-corrected chi connectivity index (χ2v) is 6.53. The summed E-state index contributed by atoms with van der Waals surface area (Å²) in [4.78, 5) is 16.8. The van der Waals surface area contributed by atoms with Crippen molar-refractivity contribution in [2.75, 3.05) is 18.9 Å². The standard InChI is InChI=1S/C17H18Cl2N4O2/c18-14-4-2-1-3-11(14)9-21-16(19)13-10-22-23(17(24)15(13)20)12-5-7-25-8-6-12/h1-4,10,12H,5-9,20H2. The zero-order valence-corrected chi connectivity index (χ0v) is 15.0. The van der Waals surface area contributed by atoms with Crippen LogP contribution in [0.15, 0.2) is 40.2 Å². The number of halogens is 2. The zero-order chi connectivity index (χ0) is 17.8. The van der Waals surface area contributed by atoms with Crippen molar-refractivity contribution in [2.45, 2.75) is 25.4 Å². The summed E-state index contributed by atoms with van der Waals surface area (Å²) in [6.45, 7) is 1.52. The number of hydrogen-bond acceptors (Lipinski definition) is 5. The predicted octanol–water partition coefficient (Wildman–Crippen LogP) is 3.02. The van der Waals surface area contributed by atoms with E-state index >= 15 is 0 Å². The summed E-state index contributed by atoms with van der Waals surface area (Å²) in [6, 6.07) is 7.35. The van der Waals surface area contributed by atoms with Gasteiger partial charge in [0.1, 0.15) is 10.9 Å². The van der Waals surface area contributed by atoms with Gasteiger partial charge in [0.05, 0.1) is 24.3 Å². The minimum Gasteiger partial charge on any atom is -0.394 e. The Morgan fingerprint density at radius 3 is 2.80 bits per heavy atom. The van der Waals surface area contributed by atoms with Crippen molar-refractivity contribution in [1.82, 2.24) is 9.78 Å². The van der Waals surface area contributed by atoms with Gasteiger partial charge in [0.25, 0.3) is 5.56 Å². The molecule has 8 heteroatoms. The molecular weight excluding hydrogens is 363 g/mol. The third-order valence-electron chi connectivity index (χ3n) is 4.14. The highest BCUT2D eigenvalue weighted by Crippen LogP contribution is 2.20. The number of rotatable bonds is 4. The van der Waals surface area contributed by atoms with E-state index < -0.39 is 0 Å². The van der Waals surface area contributed by atoms with Gasteiger partial charge < -0.3 is 10.5 Å². The van der Waals surface area contributed by atoms with E-state index in [1.807, 2.05) is 18.2 Å². The molecule has 2 aromatic rings. The van der Waals surface area contributed by atoms with Crippen molar-refractivity contribution in [1.29, 1.82) is 0 Å². The van der Waals surface area contributed by atoms with Crippen LogP contribution in [0.3, 0.4) is 0 Å². The van der Waals surface area contributed by atoms with Crippen LogP contribution in [0.2, 0.25) is 5.02 Å². The van der Waals surface area contributed by atoms with Crippen LogP contribution in [-0.4, -0.2) is 28.2 Å². The third-order valence-corrected chi connectivity index (χ3v) is 4.84. The number of ether oxygens (including phenoxy) is 1. The summed E-state index contributed by atoms with van der Waals surface area (Å²) in [7, 11) is 0. The molecule has 0 atom stereocenters. The molecule has 0 radical (unpaired) electrons. The van der Waals surface area contributed by atoms with E-state index in [1.165, 1.54) is 10.9 Å². The molecule has 2 N–H and O–H groups in total. The Balaban J connectivity index is 1.84. The lowest BCUT2D eigenvalue weighted by Gasteiger charge is -2.23. The van der Waals surface area contributed by atoms with Crippen LogP contribution in [0.4, 0.5) is 5.69 Å². The molecule has 0 spiro atoms. The fourth-order valence-corrected chi connectivity index (χ4v) is 3.11. The summed E-state index contributed by atoms with van der Waals surface area (Å²) >= 11 is 12.3. The zero-order valence-electron chi connectivity index (χ0n) is 13.5. The quantitative estimate of drug-likeness (QED) is 0.826. The number of nitrogens with zero attached hydrogens (tertiary/aromatic N) is 3. The van der Waals surface area contributed by atoms with Gasteiger partial charge in [0.15, 0.2) is 0 Å². The lowest BCUT2D eigenvalue weighted by atomic mass is 10.1. The molecule has 1 aromatic carbocycles. The molecule has 6 nitrogen and oxygen atoms in total. The molecule has 2 heterocycles. The van der Waals surface area contributed by atoms with Gasteiger partial charge in [0, 0.05) is 18.2 Å². The van der Waals surface area contributed by atoms with E-state index in [0.29, 0.717) is 30.3 Å². The Labute approximate surface area is 155 Å². The molecule has 0 amide bonds. The Morgan fingerprint density at radius 2 is 2.08 bits per heavy atom. The average molecular weight is 381 g/mol. The number of hydrogen-bond donors (Lipinski definition) is 1. The highest BCUT2D eigenvalue weighted by molar-refractivity contribution is 6.70. The number of aromatic nitrogens is 2. The molecule has 1 aromatic heterocycles. The molecule has 0 unspecified atom stereocenters. The largest absolute Gasteiger partial charge is 0.394 e. The van der Waals surface area contributed by atoms with Crippen LogP contribution < -0.4 is 11.3 Å². The minimum absolute atomic E-state index is 0.00330. The molecule has 1 saturated heterocycles. The number of aliphatic imine (C=N–C) groups is 1. The van der Waals surface area contributed by atoms with Crippen LogP contribution in [-0.2, 0) is 11.3 Å². The van der Waals surface area contributed by atoms with Crippen LogP contribution >= 0.6 is 23.2 Å². The molecule has 0 aliphatic carbocycles. The number of anilines is 1. The van der Waals surface area contributed by atoms with Crippen LogP contribution in [0, 0.1) is 0 Å². The summed E-state index contributed by atoms with van der Waals surface area (Å²) in [5, 5.41) is 4.98. The van der Waals surface area contributed by atoms with Gasteiger partial charge in [0.2, 0.25) is 0 Å². The van der Waals surface area contributed by atoms with Crippen molar-refractivity contribution >= 4 is 34.1 Å². The van der Waals surface area contributed by atoms with Gasteiger partial charge >= 0.3 is 0 Å². The van der Waals surface area contributed by atoms with Gasteiger partial charge in [-0.3, -0.25) is 9.79 Å². The maximum absolute atomic E-state index is 12.5. The molecule has 1 aliphatic rings. The molecule has 0 bridgehead atoms. The maximum atomic E-state index is 12.5. The minimum atomic E-state index is -0.351. The van der Waals surface area contributed by atoms with Crippen LogP contribution in [0.1, 0.15) is 30.0 Å². The summed E-state index contributed by atoms with van der Waals surface area (Å²) in [6.07, 6.45) is 2.96. The fourth-order valence-electron chi connectivity index (χ4n) is 2.70. The van der Waals surface area contributed by atoms with E-state index in [2.05, 4.69) is 10.1 Å². The van der Waals surface area contributed by atoms with E-state index in [-0.39, 0.29) is 22.5 Å². The first-order valence-electron chi connectivity index (χ1n) is 7.96. The molecule has 25 heavy (non-hydrogen) atoms. The molecule has 0 saturated carbocycles. The lowest BCUT2D eigenvalue weighted by Crippen LogP contribution is -2.33. The smallest absolute Gasteiger partial charge is 0.290 e. The molecule has 3 rings (SSSR count). The van der Waals surface area contributed by atoms with Gasteiger partial charge in [-0.2, -0.15) is 5.10 Å². The number of nitrogens with two attached hydrogens (primary N) is 1. The Morgan fingerprint density at radius 1 is 1.36 bits per heavy atom. The Kier molecular flexibility index (Phi) is 5.73. The van der Waals surface area contributed by atoms with Gasteiger partial charge in [-0.25, -0.2) is 4.68 Å². The first kappa shape index (κ1) is 17.9. The van der Waals surface area contributed by atoms with Crippen molar-refractivity contribution in [3.8, 4) is 0 Å². The number of nitrogen functional groups attached to an aromatic ring is 1. The second-order valence-electron chi connectivity index (χ2n) is 5.76. The first-order chi connectivity index (χ1) is 12.1. The normalized spacial score (nSPS) is 16.2. The van der Waals surface area contributed by atoms with Crippen molar-refractivity contribution in [3.05, 3.63) is 57.0 Å². The highest BCUT2D eigenvalue weighted by atomic mass is 35.5. The highest BCUT2D eigenvalue weighted by Gasteiger charge is 2.20. The van der Waals surface area contributed by atoms with E-state index in [4.69, 9.17) is 33.7 Å². The van der Waals surface area contributed by atoms with Crippen molar-refractivity contribution < 1.29 is 4.74 Å². The summed E-state index contributed by atoms with van der Waals surface area (Å²) in [5.74, 6) is 0. The van der Waals surface area contributed by atoms with E-state index in [9.17, 15) is 4.79 Å². The summed E-state index contributed by atoms with van der Waals surface area (Å²) < 4.78 is 6.73. The van der Waals surface area contributed by atoms with Crippen LogP contribution in [0.5, 0.6) is 0 Å². The first-order valence-corrected chi connectivity index (χ1v) is 8.72. The van der Waals surface area contributed by atoms with Gasteiger partial charge in [-0.1, -0.05) is 41.4 Å². The van der Waals surface area contributed by atoms with Crippen molar-refractivity contribution in [3.63, 3.8) is 0 Å². The van der Waals surface area contributed by atoms with E-state index in [1.54, 1.807) is 6.07 Å². The maximum Gasteiger partial charge on any atom is 0.290 e. The van der Waals surface area contributed by atoms with Crippen molar-refractivity contribution in [2.24, 2.45) is 4.99 Å². The van der Waals surface area contributed by atoms with Gasteiger partial charge in [-0.15, -0.1) is 0 Å². The summed E-state index contributed by atoms with van der Waals surface area (Å²) in [5.41, 5.74) is 6.87. The van der Waals surface area contributed by atoms with Crippen LogP contribution in [0.25, 0.3) is 0 Å². The lowest BCUT2D eigenvalue weighted by molar-refractivity contribution is 0.0649. The Bertz CT molecular complexity index is 845. The van der Waals surface area contributed by atoms with Gasteiger partial charge in [-0.05, 0) is 24.5 Å². The number of benzene rings is 1. The molecular formula is C17H18Cl2N4O2.